The minimum atomic E-state index is -1.12. The number of carbonyl (C=O) groups is 1. The summed E-state index contributed by atoms with van der Waals surface area (Å²) in [5, 5.41) is 17.6. The van der Waals surface area contributed by atoms with Crippen LogP contribution in [-0.2, 0) is 4.79 Å². The van der Waals surface area contributed by atoms with E-state index in [4.69, 9.17) is 13.9 Å². The Hall–Kier alpha value is -2.78. The first-order valence-electron chi connectivity index (χ1n) is 7.95. The lowest BCUT2D eigenvalue weighted by molar-refractivity contribution is -0.131. The van der Waals surface area contributed by atoms with E-state index in [1.165, 1.54) is 20.3 Å². The first-order chi connectivity index (χ1) is 13.5. The Kier molecular flexibility index (Phi) is 6.37. The van der Waals surface area contributed by atoms with Gasteiger partial charge in [0, 0.05) is 10.0 Å². The molecule has 1 heterocycles. The topological polar surface area (TPSA) is 94.7 Å². The number of halogens is 1. The second-order valence-corrected chi connectivity index (χ2v) is 7.23. The smallest absolute Gasteiger partial charge is 0.342 e. The highest BCUT2D eigenvalue weighted by molar-refractivity contribution is 9.10. The van der Waals surface area contributed by atoms with E-state index in [9.17, 15) is 9.90 Å². The summed E-state index contributed by atoms with van der Waals surface area (Å²) in [4.78, 5) is 11.7. The lowest BCUT2D eigenvalue weighted by atomic mass is 10.2. The van der Waals surface area contributed by atoms with Gasteiger partial charge in [-0.2, -0.15) is 0 Å². The molecule has 0 bridgehead atoms. The van der Waals surface area contributed by atoms with Gasteiger partial charge in [-0.3, -0.25) is 0 Å². The zero-order chi connectivity index (χ0) is 20.1. The van der Waals surface area contributed by atoms with Crippen molar-refractivity contribution in [2.45, 2.75) is 5.22 Å². The van der Waals surface area contributed by atoms with Gasteiger partial charge in [-0.05, 0) is 47.7 Å². The minimum Gasteiger partial charge on any atom is -0.493 e. The molecular formula is C19H15BrN2O5S. The van der Waals surface area contributed by atoms with Crippen LogP contribution in [0.1, 0.15) is 5.56 Å². The third-order valence-corrected chi connectivity index (χ3v) is 5.16. The summed E-state index contributed by atoms with van der Waals surface area (Å²) in [6, 6.07) is 12.6. The summed E-state index contributed by atoms with van der Waals surface area (Å²) in [6.07, 6.45) is 1.49. The molecule has 7 nitrogen and oxygen atoms in total. The number of carboxylic acids is 1. The van der Waals surface area contributed by atoms with E-state index in [0.717, 1.165) is 17.3 Å². The summed E-state index contributed by atoms with van der Waals surface area (Å²) in [5.74, 6) is 0.211. The quantitative estimate of drug-likeness (QED) is 0.397. The van der Waals surface area contributed by atoms with Crippen LogP contribution in [0.4, 0.5) is 0 Å². The summed E-state index contributed by atoms with van der Waals surface area (Å²) in [6.45, 7) is 0. The molecule has 1 aromatic heterocycles. The molecule has 1 N–H and O–H groups in total. The summed E-state index contributed by atoms with van der Waals surface area (Å²) < 4.78 is 16.7. The van der Waals surface area contributed by atoms with Crippen molar-refractivity contribution in [2.24, 2.45) is 0 Å². The van der Waals surface area contributed by atoms with Gasteiger partial charge in [0.05, 0.1) is 14.2 Å². The van der Waals surface area contributed by atoms with E-state index in [1.54, 1.807) is 12.1 Å². The largest absolute Gasteiger partial charge is 0.493 e. The summed E-state index contributed by atoms with van der Waals surface area (Å²) in [7, 11) is 3.04. The maximum Gasteiger partial charge on any atom is 0.342 e. The van der Waals surface area contributed by atoms with Crippen LogP contribution < -0.4 is 9.47 Å². The maximum atomic E-state index is 11.7. The fraction of sp³-hybridized carbons (Fsp3) is 0.105. The Bertz CT molecular complexity index is 1020. The second-order valence-electron chi connectivity index (χ2n) is 5.38. The molecule has 0 atom stereocenters. The van der Waals surface area contributed by atoms with Crippen molar-refractivity contribution in [3.05, 3.63) is 57.4 Å². The SMILES string of the molecule is COc1cc(Br)c(/C=C(/Sc2nnc(-c3ccccc3)o2)C(=O)O)cc1OC. The van der Waals surface area contributed by atoms with Crippen LogP contribution in [0.25, 0.3) is 17.5 Å². The number of carboxylic acid groups (broad SMARTS) is 1. The van der Waals surface area contributed by atoms with Crippen molar-refractivity contribution in [1.29, 1.82) is 0 Å². The average Bonchev–Trinajstić information content (AvgIpc) is 3.17. The summed E-state index contributed by atoms with van der Waals surface area (Å²) >= 11 is 4.28. The molecule has 0 amide bonds. The van der Waals surface area contributed by atoms with Crippen LogP contribution in [0.5, 0.6) is 11.5 Å². The molecule has 0 spiro atoms. The molecule has 0 unspecified atom stereocenters. The van der Waals surface area contributed by atoms with E-state index in [-0.39, 0.29) is 10.1 Å². The molecule has 28 heavy (non-hydrogen) atoms. The van der Waals surface area contributed by atoms with E-state index < -0.39 is 5.97 Å². The van der Waals surface area contributed by atoms with Crippen LogP contribution in [0.3, 0.4) is 0 Å². The normalized spacial score (nSPS) is 11.3. The van der Waals surface area contributed by atoms with E-state index in [2.05, 4.69) is 26.1 Å². The minimum absolute atomic E-state index is 0.0104. The molecule has 3 aromatic rings. The average molecular weight is 463 g/mol. The summed E-state index contributed by atoms with van der Waals surface area (Å²) in [5.41, 5.74) is 1.36. The molecule has 0 fully saturated rings. The highest BCUT2D eigenvalue weighted by atomic mass is 79.9. The second kappa shape index (κ2) is 8.94. The van der Waals surface area contributed by atoms with Crippen LogP contribution in [-0.4, -0.2) is 35.5 Å². The van der Waals surface area contributed by atoms with Crippen molar-refractivity contribution in [1.82, 2.24) is 10.2 Å². The number of benzene rings is 2. The van der Waals surface area contributed by atoms with Crippen molar-refractivity contribution in [3.63, 3.8) is 0 Å². The van der Waals surface area contributed by atoms with Gasteiger partial charge in [0.15, 0.2) is 11.5 Å². The molecule has 0 aliphatic carbocycles. The molecule has 3 rings (SSSR count). The lowest BCUT2D eigenvalue weighted by Gasteiger charge is -2.10. The van der Waals surface area contributed by atoms with Crippen LogP contribution in [0.15, 0.2) is 61.5 Å². The number of aromatic nitrogens is 2. The number of methoxy groups -OCH3 is 2. The number of thioether (sulfide) groups is 1. The van der Waals surface area contributed by atoms with Gasteiger partial charge in [-0.25, -0.2) is 4.79 Å². The Morgan fingerprint density at radius 3 is 2.46 bits per heavy atom. The molecule has 0 radical (unpaired) electrons. The Morgan fingerprint density at radius 1 is 1.14 bits per heavy atom. The van der Waals surface area contributed by atoms with Crippen molar-refractivity contribution < 1.29 is 23.8 Å². The van der Waals surface area contributed by atoms with E-state index in [0.29, 0.717) is 27.4 Å². The van der Waals surface area contributed by atoms with E-state index in [1.807, 2.05) is 30.3 Å². The van der Waals surface area contributed by atoms with E-state index >= 15 is 0 Å². The third-order valence-electron chi connectivity index (χ3n) is 3.62. The lowest BCUT2D eigenvalue weighted by Crippen LogP contribution is -1.98. The molecule has 0 aliphatic heterocycles. The molecule has 144 valence electrons. The standard InChI is InChI=1S/C19H15BrN2O5S/c1-25-14-8-12(13(20)10-15(14)26-2)9-16(18(23)24)28-19-22-21-17(27-19)11-6-4-3-5-7-11/h3-10H,1-2H3,(H,23,24)/b16-9+. The third kappa shape index (κ3) is 4.55. The molecule has 2 aromatic carbocycles. The Labute approximate surface area is 173 Å². The molecule has 0 saturated heterocycles. The Balaban J connectivity index is 1.91. The highest BCUT2D eigenvalue weighted by Gasteiger charge is 2.17. The first kappa shape index (κ1) is 20.0. The molecular weight excluding hydrogens is 448 g/mol. The molecule has 0 aliphatic rings. The van der Waals surface area contributed by atoms with Gasteiger partial charge in [0.2, 0.25) is 5.89 Å². The van der Waals surface area contributed by atoms with Gasteiger partial charge < -0.3 is 19.0 Å². The predicted octanol–water partition coefficient (Wildman–Crippen LogP) is 4.73. The van der Waals surface area contributed by atoms with Gasteiger partial charge >= 0.3 is 5.97 Å². The highest BCUT2D eigenvalue weighted by Crippen LogP contribution is 2.36. The van der Waals surface area contributed by atoms with Gasteiger partial charge in [-0.15, -0.1) is 10.2 Å². The van der Waals surface area contributed by atoms with Gasteiger partial charge in [0.25, 0.3) is 5.22 Å². The van der Waals surface area contributed by atoms with Crippen LogP contribution in [0, 0.1) is 0 Å². The fourth-order valence-corrected chi connectivity index (χ4v) is 3.40. The number of rotatable bonds is 7. The first-order valence-corrected chi connectivity index (χ1v) is 9.56. The number of nitrogens with zero attached hydrogens (tertiary/aromatic N) is 2. The zero-order valence-corrected chi connectivity index (χ0v) is 17.3. The van der Waals surface area contributed by atoms with Gasteiger partial charge in [-0.1, -0.05) is 34.1 Å². The fourth-order valence-electron chi connectivity index (χ4n) is 2.30. The Morgan fingerprint density at radius 2 is 1.82 bits per heavy atom. The van der Waals surface area contributed by atoms with Crippen LogP contribution in [0.2, 0.25) is 0 Å². The van der Waals surface area contributed by atoms with Gasteiger partial charge in [0.1, 0.15) is 4.91 Å². The predicted molar refractivity (Wildman–Crippen MR) is 108 cm³/mol. The van der Waals surface area contributed by atoms with Crippen molar-refractivity contribution >= 4 is 39.7 Å². The molecule has 9 heteroatoms. The van der Waals surface area contributed by atoms with Crippen LogP contribution >= 0.6 is 27.7 Å². The monoisotopic (exact) mass is 462 g/mol. The molecule has 0 saturated carbocycles. The number of hydrogen-bond donors (Lipinski definition) is 1. The zero-order valence-electron chi connectivity index (χ0n) is 14.9. The number of ether oxygens (including phenoxy) is 2. The maximum absolute atomic E-state index is 11.7. The number of aliphatic carboxylic acids is 1. The number of hydrogen-bond acceptors (Lipinski definition) is 7. The van der Waals surface area contributed by atoms with Crippen molar-refractivity contribution in [3.8, 4) is 23.0 Å². The van der Waals surface area contributed by atoms with Crippen molar-refractivity contribution in [2.75, 3.05) is 14.2 Å².